The molecule has 25 heavy (non-hydrogen) atoms. The lowest BCUT2D eigenvalue weighted by Gasteiger charge is -2.32. The SMILES string of the molecule is COC(=O)CC(C(=O)Oc1c(OC)cccc1OC)N1CCCCC1. The fourth-order valence-corrected chi connectivity index (χ4v) is 2.92. The summed E-state index contributed by atoms with van der Waals surface area (Å²) in [5.41, 5.74) is 0. The second-order valence-corrected chi connectivity index (χ2v) is 5.81. The maximum absolute atomic E-state index is 12.8. The van der Waals surface area contributed by atoms with Gasteiger partial charge in [-0.05, 0) is 38.1 Å². The number of rotatable bonds is 7. The number of ether oxygens (including phenoxy) is 4. The summed E-state index contributed by atoms with van der Waals surface area (Å²) in [7, 11) is 4.29. The summed E-state index contributed by atoms with van der Waals surface area (Å²) < 4.78 is 20.8. The second-order valence-electron chi connectivity index (χ2n) is 5.81. The molecule has 0 N–H and O–H groups in total. The van der Waals surface area contributed by atoms with Crippen molar-refractivity contribution < 1.29 is 28.5 Å². The first-order valence-electron chi connectivity index (χ1n) is 8.34. The first kappa shape index (κ1) is 19.1. The molecular weight excluding hydrogens is 326 g/mol. The Labute approximate surface area is 147 Å². The summed E-state index contributed by atoms with van der Waals surface area (Å²) in [6.45, 7) is 1.50. The van der Waals surface area contributed by atoms with Gasteiger partial charge in [0.2, 0.25) is 5.75 Å². The van der Waals surface area contributed by atoms with Crippen molar-refractivity contribution in [3.8, 4) is 17.2 Å². The fraction of sp³-hybridized carbons (Fsp3) is 0.556. The molecule has 1 heterocycles. The number of benzene rings is 1. The molecule has 2 rings (SSSR count). The molecule has 0 spiro atoms. The van der Waals surface area contributed by atoms with E-state index in [4.69, 9.17) is 18.9 Å². The summed E-state index contributed by atoms with van der Waals surface area (Å²) in [6.07, 6.45) is 3.05. The van der Waals surface area contributed by atoms with E-state index in [1.54, 1.807) is 18.2 Å². The highest BCUT2D eigenvalue weighted by atomic mass is 16.6. The van der Waals surface area contributed by atoms with Crippen LogP contribution in [0.15, 0.2) is 18.2 Å². The van der Waals surface area contributed by atoms with E-state index in [1.165, 1.54) is 21.3 Å². The molecule has 7 heteroatoms. The van der Waals surface area contributed by atoms with Gasteiger partial charge in [0.05, 0.1) is 27.8 Å². The van der Waals surface area contributed by atoms with Gasteiger partial charge in [-0.2, -0.15) is 0 Å². The molecule has 0 aromatic heterocycles. The summed E-state index contributed by atoms with van der Waals surface area (Å²) in [4.78, 5) is 26.6. The Kier molecular flexibility index (Phi) is 7.06. The number of para-hydroxylation sites is 1. The number of piperidine rings is 1. The average Bonchev–Trinajstić information content (AvgIpc) is 2.66. The Morgan fingerprint density at radius 3 is 2.16 bits per heavy atom. The van der Waals surface area contributed by atoms with Gasteiger partial charge in [0.25, 0.3) is 0 Å². The van der Waals surface area contributed by atoms with Crippen molar-refractivity contribution in [3.63, 3.8) is 0 Å². The summed E-state index contributed by atoms with van der Waals surface area (Å²) >= 11 is 0. The molecule has 1 aromatic carbocycles. The van der Waals surface area contributed by atoms with Crippen molar-refractivity contribution in [3.05, 3.63) is 18.2 Å². The standard InChI is InChI=1S/C18H25NO6/c1-22-14-8-7-9-15(23-2)17(14)25-18(21)13(12-16(20)24-3)19-10-5-4-6-11-19/h7-9,13H,4-6,10-12H2,1-3H3. The van der Waals surface area contributed by atoms with Gasteiger partial charge in [-0.3, -0.25) is 9.69 Å². The maximum atomic E-state index is 12.8. The fourth-order valence-electron chi connectivity index (χ4n) is 2.92. The predicted molar refractivity (Wildman–Crippen MR) is 91.0 cm³/mol. The molecule has 1 fully saturated rings. The van der Waals surface area contributed by atoms with Crippen molar-refractivity contribution in [2.45, 2.75) is 31.7 Å². The van der Waals surface area contributed by atoms with Crippen LogP contribution in [0.3, 0.4) is 0 Å². The number of hydrogen-bond acceptors (Lipinski definition) is 7. The number of esters is 2. The summed E-state index contributed by atoms with van der Waals surface area (Å²) in [5.74, 6) is 0.0327. The molecule has 0 radical (unpaired) electrons. The zero-order valence-corrected chi connectivity index (χ0v) is 14.9. The van der Waals surface area contributed by atoms with Crippen LogP contribution in [-0.4, -0.2) is 57.3 Å². The van der Waals surface area contributed by atoms with Crippen LogP contribution in [0.1, 0.15) is 25.7 Å². The molecule has 0 saturated carbocycles. The van der Waals surface area contributed by atoms with Crippen LogP contribution >= 0.6 is 0 Å². The van der Waals surface area contributed by atoms with Crippen LogP contribution in [-0.2, 0) is 14.3 Å². The number of methoxy groups -OCH3 is 3. The highest BCUT2D eigenvalue weighted by Crippen LogP contribution is 2.37. The minimum absolute atomic E-state index is 0.0488. The minimum Gasteiger partial charge on any atom is -0.493 e. The van der Waals surface area contributed by atoms with Crippen LogP contribution in [0.4, 0.5) is 0 Å². The van der Waals surface area contributed by atoms with Crippen molar-refractivity contribution in [2.75, 3.05) is 34.4 Å². The van der Waals surface area contributed by atoms with Gasteiger partial charge in [0.1, 0.15) is 6.04 Å². The first-order valence-corrected chi connectivity index (χ1v) is 8.34. The molecule has 0 amide bonds. The molecule has 7 nitrogen and oxygen atoms in total. The van der Waals surface area contributed by atoms with Crippen LogP contribution in [0.5, 0.6) is 17.2 Å². The predicted octanol–water partition coefficient (Wildman–Crippen LogP) is 2.03. The molecule has 138 valence electrons. The lowest BCUT2D eigenvalue weighted by molar-refractivity contribution is -0.150. The molecule has 1 aliphatic rings. The van der Waals surface area contributed by atoms with Gasteiger partial charge in [-0.15, -0.1) is 0 Å². The Morgan fingerprint density at radius 2 is 1.64 bits per heavy atom. The smallest absolute Gasteiger partial charge is 0.329 e. The van der Waals surface area contributed by atoms with E-state index < -0.39 is 18.0 Å². The molecule has 1 atom stereocenters. The third-order valence-electron chi connectivity index (χ3n) is 4.28. The third-order valence-corrected chi connectivity index (χ3v) is 4.28. The highest BCUT2D eigenvalue weighted by Gasteiger charge is 2.32. The molecule has 0 bridgehead atoms. The molecule has 1 unspecified atom stereocenters. The van der Waals surface area contributed by atoms with Gasteiger partial charge >= 0.3 is 11.9 Å². The number of carbonyl (C=O) groups is 2. The first-order chi connectivity index (χ1) is 12.1. The molecule has 1 aromatic rings. The van der Waals surface area contributed by atoms with E-state index in [2.05, 4.69) is 0 Å². The van der Waals surface area contributed by atoms with E-state index in [9.17, 15) is 9.59 Å². The minimum atomic E-state index is -0.692. The molecule has 0 aliphatic carbocycles. The topological polar surface area (TPSA) is 74.3 Å². The van der Waals surface area contributed by atoms with E-state index in [0.717, 1.165) is 32.4 Å². The van der Waals surface area contributed by atoms with Crippen molar-refractivity contribution in [1.29, 1.82) is 0 Å². The van der Waals surface area contributed by atoms with E-state index in [-0.39, 0.29) is 12.2 Å². The van der Waals surface area contributed by atoms with E-state index in [0.29, 0.717) is 11.5 Å². The van der Waals surface area contributed by atoms with Gasteiger partial charge in [-0.1, -0.05) is 12.5 Å². The largest absolute Gasteiger partial charge is 0.493 e. The normalized spacial score (nSPS) is 16.0. The van der Waals surface area contributed by atoms with Gasteiger partial charge in [-0.25, -0.2) is 4.79 Å². The quantitative estimate of drug-likeness (QED) is 0.549. The van der Waals surface area contributed by atoms with Crippen LogP contribution in [0.25, 0.3) is 0 Å². The van der Waals surface area contributed by atoms with Crippen LogP contribution < -0.4 is 14.2 Å². The number of nitrogens with zero attached hydrogens (tertiary/aromatic N) is 1. The lowest BCUT2D eigenvalue weighted by Crippen LogP contribution is -2.47. The third kappa shape index (κ3) is 4.85. The maximum Gasteiger partial charge on any atom is 0.329 e. The Balaban J connectivity index is 2.22. The summed E-state index contributed by atoms with van der Waals surface area (Å²) in [6, 6.07) is 4.41. The van der Waals surface area contributed by atoms with E-state index in [1.807, 2.05) is 4.90 Å². The van der Waals surface area contributed by atoms with Crippen molar-refractivity contribution in [2.24, 2.45) is 0 Å². The zero-order valence-electron chi connectivity index (χ0n) is 14.9. The number of likely N-dealkylation sites (tertiary alicyclic amines) is 1. The van der Waals surface area contributed by atoms with Crippen LogP contribution in [0.2, 0.25) is 0 Å². The molecule has 1 saturated heterocycles. The lowest BCUT2D eigenvalue weighted by atomic mass is 10.1. The van der Waals surface area contributed by atoms with E-state index >= 15 is 0 Å². The monoisotopic (exact) mass is 351 g/mol. The van der Waals surface area contributed by atoms with Gasteiger partial charge in [0, 0.05) is 0 Å². The number of hydrogen-bond donors (Lipinski definition) is 0. The Bertz CT molecular complexity index is 575. The van der Waals surface area contributed by atoms with Crippen molar-refractivity contribution in [1.82, 2.24) is 4.90 Å². The summed E-state index contributed by atoms with van der Waals surface area (Å²) in [5, 5.41) is 0. The molecule has 1 aliphatic heterocycles. The van der Waals surface area contributed by atoms with Gasteiger partial charge in [0.15, 0.2) is 11.5 Å². The molecular formula is C18H25NO6. The Morgan fingerprint density at radius 1 is 1.04 bits per heavy atom. The number of carbonyl (C=O) groups excluding carboxylic acids is 2. The van der Waals surface area contributed by atoms with Crippen molar-refractivity contribution >= 4 is 11.9 Å². The highest BCUT2D eigenvalue weighted by molar-refractivity contribution is 5.85. The Hall–Kier alpha value is -2.28. The van der Waals surface area contributed by atoms with Gasteiger partial charge < -0.3 is 18.9 Å². The zero-order chi connectivity index (χ0) is 18.2. The van der Waals surface area contributed by atoms with Crippen LogP contribution in [0, 0.1) is 0 Å². The average molecular weight is 351 g/mol. The second kappa shape index (κ2) is 9.27.